The summed E-state index contributed by atoms with van der Waals surface area (Å²) in [6, 6.07) is 5.45. The van der Waals surface area contributed by atoms with Crippen molar-refractivity contribution in [2.24, 2.45) is 10.9 Å². The Morgan fingerprint density at radius 2 is 2.10 bits per heavy atom. The maximum atomic E-state index is 8.80. The van der Waals surface area contributed by atoms with Crippen molar-refractivity contribution in [3.63, 3.8) is 0 Å². The largest absolute Gasteiger partial charge is 0.491 e. The number of hydrogen-bond acceptors (Lipinski definition) is 4. The van der Waals surface area contributed by atoms with Crippen LogP contribution in [0.4, 0.5) is 0 Å². The van der Waals surface area contributed by atoms with Crippen molar-refractivity contribution in [1.29, 1.82) is 0 Å². The van der Waals surface area contributed by atoms with Gasteiger partial charge in [0.25, 0.3) is 0 Å². The lowest BCUT2D eigenvalue weighted by Crippen LogP contribution is -2.33. The molecular formula is C14H20BrN3O2. The Morgan fingerprint density at radius 3 is 2.80 bits per heavy atom. The molecule has 1 aromatic carbocycles. The van der Waals surface area contributed by atoms with Crippen LogP contribution in [0.15, 0.2) is 27.8 Å². The molecule has 3 N–H and O–H groups in total. The van der Waals surface area contributed by atoms with Crippen molar-refractivity contribution in [2.45, 2.75) is 19.3 Å². The van der Waals surface area contributed by atoms with Crippen molar-refractivity contribution >= 4 is 21.8 Å². The third-order valence-electron chi connectivity index (χ3n) is 3.44. The molecule has 20 heavy (non-hydrogen) atoms. The SMILES string of the molecule is N/C(=N/O)c1ccc(Br)cc1OCCN1CCCCC1. The van der Waals surface area contributed by atoms with Crippen LogP contribution in [-0.4, -0.2) is 42.2 Å². The number of oxime groups is 1. The van der Waals surface area contributed by atoms with E-state index in [2.05, 4.69) is 26.0 Å². The Morgan fingerprint density at radius 1 is 1.35 bits per heavy atom. The second-order valence-corrected chi connectivity index (χ2v) is 5.79. The molecular weight excluding hydrogens is 322 g/mol. The van der Waals surface area contributed by atoms with Gasteiger partial charge in [0.05, 0.1) is 5.56 Å². The summed E-state index contributed by atoms with van der Waals surface area (Å²) in [4.78, 5) is 2.41. The predicted molar refractivity (Wildman–Crippen MR) is 82.4 cm³/mol. The van der Waals surface area contributed by atoms with E-state index in [1.165, 1.54) is 19.3 Å². The van der Waals surface area contributed by atoms with E-state index in [1.54, 1.807) is 6.07 Å². The van der Waals surface area contributed by atoms with Crippen molar-refractivity contribution in [1.82, 2.24) is 4.90 Å². The van der Waals surface area contributed by atoms with Gasteiger partial charge in [-0.1, -0.05) is 27.5 Å². The Bertz CT molecular complexity index is 473. The highest BCUT2D eigenvalue weighted by Crippen LogP contribution is 2.23. The van der Waals surface area contributed by atoms with Crippen molar-refractivity contribution in [3.8, 4) is 5.75 Å². The number of nitrogens with zero attached hydrogens (tertiary/aromatic N) is 2. The molecule has 1 saturated heterocycles. The van der Waals surface area contributed by atoms with Crippen molar-refractivity contribution in [3.05, 3.63) is 28.2 Å². The molecule has 0 spiro atoms. The molecule has 0 aromatic heterocycles. The molecule has 1 aliphatic rings. The zero-order chi connectivity index (χ0) is 14.4. The lowest BCUT2D eigenvalue weighted by atomic mass is 10.1. The fraction of sp³-hybridized carbons (Fsp3) is 0.500. The normalized spacial score (nSPS) is 17.1. The molecule has 2 rings (SSSR count). The molecule has 0 amide bonds. The van der Waals surface area contributed by atoms with Gasteiger partial charge in [-0.15, -0.1) is 0 Å². The highest BCUT2D eigenvalue weighted by molar-refractivity contribution is 9.10. The lowest BCUT2D eigenvalue weighted by molar-refractivity contribution is 0.183. The predicted octanol–water partition coefficient (Wildman–Crippen LogP) is 2.41. The van der Waals surface area contributed by atoms with Gasteiger partial charge in [0.15, 0.2) is 5.84 Å². The molecule has 1 aromatic rings. The minimum absolute atomic E-state index is 0.0606. The Balaban J connectivity index is 1.95. The van der Waals surface area contributed by atoms with Crippen LogP contribution in [0.2, 0.25) is 0 Å². The van der Waals surface area contributed by atoms with E-state index in [9.17, 15) is 0 Å². The highest BCUT2D eigenvalue weighted by atomic mass is 79.9. The van der Waals surface area contributed by atoms with Crippen LogP contribution >= 0.6 is 15.9 Å². The van der Waals surface area contributed by atoms with Gasteiger partial charge in [-0.25, -0.2) is 0 Å². The molecule has 1 fully saturated rings. The minimum Gasteiger partial charge on any atom is -0.491 e. The van der Waals surface area contributed by atoms with E-state index in [4.69, 9.17) is 15.7 Å². The standard InChI is InChI=1S/C14H20BrN3O2/c15-11-4-5-12(14(16)17-19)13(10-11)20-9-8-18-6-2-1-3-7-18/h4-5,10,19H,1-3,6-9H2,(H2,16,17). The van der Waals surface area contributed by atoms with E-state index in [0.717, 1.165) is 24.1 Å². The van der Waals surface area contributed by atoms with Gasteiger partial charge < -0.3 is 15.7 Å². The highest BCUT2D eigenvalue weighted by Gasteiger charge is 2.12. The first-order valence-corrected chi connectivity index (χ1v) is 7.62. The molecule has 1 aliphatic heterocycles. The number of likely N-dealkylation sites (tertiary alicyclic amines) is 1. The Hall–Kier alpha value is -1.27. The van der Waals surface area contributed by atoms with Gasteiger partial charge in [0.2, 0.25) is 0 Å². The Labute approximate surface area is 127 Å². The number of halogens is 1. The second-order valence-electron chi connectivity index (χ2n) is 4.88. The average Bonchev–Trinajstić information content (AvgIpc) is 2.48. The fourth-order valence-electron chi connectivity index (χ4n) is 2.35. The van der Waals surface area contributed by atoms with Crippen LogP contribution in [0.1, 0.15) is 24.8 Å². The summed E-state index contributed by atoms with van der Waals surface area (Å²) in [5, 5.41) is 11.8. The summed E-state index contributed by atoms with van der Waals surface area (Å²) < 4.78 is 6.70. The van der Waals surface area contributed by atoms with Gasteiger partial charge >= 0.3 is 0 Å². The Kier molecular flexibility index (Phi) is 5.67. The van der Waals surface area contributed by atoms with E-state index in [0.29, 0.717) is 17.9 Å². The number of benzene rings is 1. The second kappa shape index (κ2) is 7.50. The summed E-state index contributed by atoms with van der Waals surface area (Å²) >= 11 is 3.40. The first-order valence-electron chi connectivity index (χ1n) is 6.83. The van der Waals surface area contributed by atoms with Crippen LogP contribution in [0, 0.1) is 0 Å². The summed E-state index contributed by atoms with van der Waals surface area (Å²) in [5.74, 6) is 0.692. The van der Waals surface area contributed by atoms with E-state index >= 15 is 0 Å². The van der Waals surface area contributed by atoms with E-state index in [-0.39, 0.29) is 5.84 Å². The molecule has 6 heteroatoms. The molecule has 0 unspecified atom stereocenters. The molecule has 110 valence electrons. The summed E-state index contributed by atoms with van der Waals surface area (Å²) in [5.41, 5.74) is 6.26. The van der Waals surface area contributed by atoms with Crippen LogP contribution < -0.4 is 10.5 Å². The molecule has 0 radical (unpaired) electrons. The van der Waals surface area contributed by atoms with Gasteiger partial charge in [-0.05, 0) is 44.1 Å². The molecule has 0 bridgehead atoms. The number of hydrogen-bond donors (Lipinski definition) is 2. The third-order valence-corrected chi connectivity index (χ3v) is 3.93. The van der Waals surface area contributed by atoms with E-state index < -0.39 is 0 Å². The zero-order valence-electron chi connectivity index (χ0n) is 11.4. The molecule has 0 aliphatic carbocycles. The molecule has 0 atom stereocenters. The average molecular weight is 342 g/mol. The maximum absolute atomic E-state index is 8.80. The minimum atomic E-state index is 0.0606. The number of rotatable bonds is 5. The van der Waals surface area contributed by atoms with Crippen molar-refractivity contribution < 1.29 is 9.94 Å². The van der Waals surface area contributed by atoms with Gasteiger partial charge in [0.1, 0.15) is 12.4 Å². The van der Waals surface area contributed by atoms with Gasteiger partial charge in [-0.2, -0.15) is 0 Å². The fourth-order valence-corrected chi connectivity index (χ4v) is 2.69. The van der Waals surface area contributed by atoms with Crippen LogP contribution in [-0.2, 0) is 0 Å². The monoisotopic (exact) mass is 341 g/mol. The lowest BCUT2D eigenvalue weighted by Gasteiger charge is -2.26. The maximum Gasteiger partial charge on any atom is 0.173 e. The quantitative estimate of drug-likeness (QED) is 0.373. The van der Waals surface area contributed by atoms with Crippen LogP contribution in [0.25, 0.3) is 0 Å². The van der Waals surface area contributed by atoms with Gasteiger partial charge in [0, 0.05) is 11.0 Å². The number of amidine groups is 1. The number of ether oxygens (including phenoxy) is 1. The summed E-state index contributed by atoms with van der Waals surface area (Å²) in [6.07, 6.45) is 3.87. The first-order chi connectivity index (χ1) is 9.70. The molecule has 1 heterocycles. The smallest absolute Gasteiger partial charge is 0.173 e. The molecule has 5 nitrogen and oxygen atoms in total. The zero-order valence-corrected chi connectivity index (χ0v) is 13.0. The summed E-state index contributed by atoms with van der Waals surface area (Å²) in [7, 11) is 0. The van der Waals surface area contributed by atoms with Crippen LogP contribution in [0.3, 0.4) is 0 Å². The topological polar surface area (TPSA) is 71.1 Å². The third kappa shape index (κ3) is 4.11. The number of piperidine rings is 1. The number of nitrogens with two attached hydrogens (primary N) is 1. The summed E-state index contributed by atoms with van der Waals surface area (Å²) in [6.45, 7) is 3.80. The van der Waals surface area contributed by atoms with Crippen LogP contribution in [0.5, 0.6) is 5.75 Å². The van der Waals surface area contributed by atoms with E-state index in [1.807, 2.05) is 12.1 Å². The van der Waals surface area contributed by atoms with Crippen molar-refractivity contribution in [2.75, 3.05) is 26.2 Å². The first kappa shape index (κ1) is 15.1. The van der Waals surface area contributed by atoms with Gasteiger partial charge in [-0.3, -0.25) is 4.90 Å². The molecule has 0 saturated carbocycles.